The van der Waals surface area contributed by atoms with Crippen molar-refractivity contribution in [1.29, 1.82) is 0 Å². The number of rotatable bonds is 5. The summed E-state index contributed by atoms with van der Waals surface area (Å²) in [6, 6.07) is 7.78. The van der Waals surface area contributed by atoms with Crippen LogP contribution < -0.4 is 16.4 Å². The second-order valence-electron chi connectivity index (χ2n) is 7.47. The van der Waals surface area contributed by atoms with Crippen LogP contribution in [0.15, 0.2) is 24.3 Å². The summed E-state index contributed by atoms with van der Waals surface area (Å²) in [6.07, 6.45) is 6.03. The largest absolute Gasteiger partial charge is 0.352 e. The number of nitrogens with two attached hydrogens (primary N) is 1. The minimum absolute atomic E-state index is 0. The van der Waals surface area contributed by atoms with Crippen molar-refractivity contribution >= 4 is 24.2 Å². The lowest BCUT2D eigenvalue weighted by molar-refractivity contribution is -0.128. The summed E-state index contributed by atoms with van der Waals surface area (Å²) in [7, 11) is 0. The predicted molar refractivity (Wildman–Crippen MR) is 101 cm³/mol. The van der Waals surface area contributed by atoms with Crippen molar-refractivity contribution in [2.24, 2.45) is 11.7 Å². The van der Waals surface area contributed by atoms with E-state index in [1.165, 1.54) is 0 Å². The van der Waals surface area contributed by atoms with Crippen LogP contribution >= 0.6 is 12.4 Å². The van der Waals surface area contributed by atoms with Crippen molar-refractivity contribution in [2.45, 2.75) is 63.6 Å². The monoisotopic (exact) mass is 365 g/mol. The van der Waals surface area contributed by atoms with Crippen molar-refractivity contribution in [3.63, 3.8) is 0 Å². The second kappa shape index (κ2) is 8.19. The normalized spacial score (nSPS) is 25.6. The highest BCUT2D eigenvalue weighted by molar-refractivity contribution is 5.94. The van der Waals surface area contributed by atoms with E-state index in [0.29, 0.717) is 18.2 Å². The summed E-state index contributed by atoms with van der Waals surface area (Å²) in [4.78, 5) is 24.6. The average molecular weight is 366 g/mol. The molecular formula is C19H28ClN3O2. The van der Waals surface area contributed by atoms with Crippen molar-refractivity contribution in [3.05, 3.63) is 35.4 Å². The summed E-state index contributed by atoms with van der Waals surface area (Å²) in [5.74, 6) is -0.146. The molecule has 2 aliphatic rings. The van der Waals surface area contributed by atoms with Gasteiger partial charge in [-0.3, -0.25) is 9.59 Å². The van der Waals surface area contributed by atoms with Gasteiger partial charge in [-0.2, -0.15) is 0 Å². The first-order chi connectivity index (χ1) is 11.5. The molecule has 0 radical (unpaired) electrons. The summed E-state index contributed by atoms with van der Waals surface area (Å²) >= 11 is 0. The number of hydrogen-bond acceptors (Lipinski definition) is 3. The minimum Gasteiger partial charge on any atom is -0.352 e. The van der Waals surface area contributed by atoms with E-state index in [2.05, 4.69) is 10.6 Å². The molecule has 2 unspecified atom stereocenters. The maximum atomic E-state index is 12.5. The number of halogens is 1. The Hall–Kier alpha value is -1.59. The quantitative estimate of drug-likeness (QED) is 0.749. The van der Waals surface area contributed by atoms with E-state index < -0.39 is 5.54 Å². The molecule has 2 fully saturated rings. The number of hydrogen-bond donors (Lipinski definition) is 3. The Balaban J connectivity index is 0.00000225. The lowest BCUT2D eigenvalue weighted by atomic mass is 9.74. The lowest BCUT2D eigenvalue weighted by Gasteiger charge is -2.37. The average Bonchev–Trinajstić information content (AvgIpc) is 3.36. The predicted octanol–water partition coefficient (Wildman–Crippen LogP) is 2.52. The molecule has 2 atom stereocenters. The van der Waals surface area contributed by atoms with Crippen LogP contribution in [0.25, 0.3) is 0 Å². The first-order valence-electron chi connectivity index (χ1n) is 8.92. The first-order valence-corrected chi connectivity index (χ1v) is 8.92. The molecule has 0 aliphatic heterocycles. The van der Waals surface area contributed by atoms with E-state index in [4.69, 9.17) is 5.73 Å². The van der Waals surface area contributed by atoms with Crippen molar-refractivity contribution in [3.8, 4) is 0 Å². The van der Waals surface area contributed by atoms with Crippen LogP contribution in [0, 0.1) is 5.92 Å². The molecule has 5 nitrogen and oxygen atoms in total. The molecule has 2 amide bonds. The van der Waals surface area contributed by atoms with Gasteiger partial charge in [-0.25, -0.2) is 0 Å². The smallest absolute Gasteiger partial charge is 0.251 e. The molecule has 6 heteroatoms. The van der Waals surface area contributed by atoms with Crippen LogP contribution in [-0.4, -0.2) is 23.4 Å². The fourth-order valence-corrected chi connectivity index (χ4v) is 3.42. The van der Waals surface area contributed by atoms with Crippen LogP contribution in [0.1, 0.15) is 61.4 Å². The third-order valence-corrected chi connectivity index (χ3v) is 5.14. The second-order valence-corrected chi connectivity index (χ2v) is 7.47. The fraction of sp³-hybridized carbons (Fsp3) is 0.579. The van der Waals surface area contributed by atoms with Gasteiger partial charge >= 0.3 is 0 Å². The van der Waals surface area contributed by atoms with Crippen LogP contribution in [0.4, 0.5) is 0 Å². The van der Waals surface area contributed by atoms with Gasteiger partial charge in [0.05, 0.1) is 5.92 Å². The summed E-state index contributed by atoms with van der Waals surface area (Å²) in [5, 5.41) is 5.97. The van der Waals surface area contributed by atoms with Crippen LogP contribution in [-0.2, 0) is 11.3 Å². The van der Waals surface area contributed by atoms with E-state index in [9.17, 15) is 9.59 Å². The number of nitrogens with one attached hydrogen (secondary N) is 2. The van der Waals surface area contributed by atoms with E-state index in [-0.39, 0.29) is 30.1 Å². The van der Waals surface area contributed by atoms with E-state index in [0.717, 1.165) is 44.1 Å². The zero-order valence-electron chi connectivity index (χ0n) is 14.7. The maximum Gasteiger partial charge on any atom is 0.251 e. The molecule has 25 heavy (non-hydrogen) atoms. The minimum atomic E-state index is -0.422. The molecule has 0 spiro atoms. The van der Waals surface area contributed by atoms with Gasteiger partial charge in [0.15, 0.2) is 0 Å². The van der Waals surface area contributed by atoms with Gasteiger partial charge in [0.25, 0.3) is 5.91 Å². The number of carbonyl (C=O) groups is 2. The highest BCUT2D eigenvalue weighted by atomic mass is 35.5. The standard InChI is InChI=1S/C19H27N3O2.ClH/c1-19(20)10-3-2-7-16(19)18(24)21-12-13-5-4-6-14(11-13)17(23)22-15-8-9-15;/h4-6,11,15-16H,2-3,7-10,12,20H2,1H3,(H,21,24)(H,22,23);1H. The SMILES string of the molecule is CC1(N)CCCCC1C(=O)NCc1cccc(C(=O)NC2CC2)c1.Cl. The number of carbonyl (C=O) groups excluding carboxylic acids is 2. The topological polar surface area (TPSA) is 84.2 Å². The molecule has 1 aromatic rings. The van der Waals surface area contributed by atoms with Crippen LogP contribution in [0.2, 0.25) is 0 Å². The van der Waals surface area contributed by atoms with E-state index in [1.54, 1.807) is 6.07 Å². The molecule has 0 heterocycles. The van der Waals surface area contributed by atoms with Crippen LogP contribution in [0.3, 0.4) is 0 Å². The molecule has 1 aromatic carbocycles. The molecule has 3 rings (SSSR count). The molecule has 2 aliphatic carbocycles. The van der Waals surface area contributed by atoms with Crippen molar-refractivity contribution in [2.75, 3.05) is 0 Å². The summed E-state index contributed by atoms with van der Waals surface area (Å²) in [6.45, 7) is 2.40. The number of benzene rings is 1. The van der Waals surface area contributed by atoms with Gasteiger partial charge in [-0.1, -0.05) is 25.0 Å². The van der Waals surface area contributed by atoms with Gasteiger partial charge in [-0.15, -0.1) is 12.4 Å². The Bertz CT molecular complexity index is 629. The fourth-order valence-electron chi connectivity index (χ4n) is 3.42. The Morgan fingerprint density at radius 3 is 2.68 bits per heavy atom. The Labute approximate surface area is 155 Å². The molecule has 138 valence electrons. The van der Waals surface area contributed by atoms with E-state index in [1.807, 2.05) is 25.1 Å². The van der Waals surface area contributed by atoms with Gasteiger partial charge < -0.3 is 16.4 Å². The zero-order valence-corrected chi connectivity index (χ0v) is 15.5. The highest BCUT2D eigenvalue weighted by Crippen LogP contribution is 2.31. The Morgan fingerprint density at radius 2 is 2.00 bits per heavy atom. The molecule has 4 N–H and O–H groups in total. The first kappa shape index (κ1) is 19.7. The zero-order chi connectivity index (χ0) is 17.2. The molecule has 0 bridgehead atoms. The molecular weight excluding hydrogens is 338 g/mol. The number of amides is 2. The Morgan fingerprint density at radius 1 is 1.24 bits per heavy atom. The van der Waals surface area contributed by atoms with Crippen molar-refractivity contribution < 1.29 is 9.59 Å². The molecule has 0 aromatic heterocycles. The molecule has 2 saturated carbocycles. The Kier molecular flexibility index (Phi) is 6.47. The summed E-state index contributed by atoms with van der Waals surface area (Å²) < 4.78 is 0. The maximum absolute atomic E-state index is 12.5. The van der Waals surface area contributed by atoms with Crippen molar-refractivity contribution in [1.82, 2.24) is 10.6 Å². The van der Waals surface area contributed by atoms with Gasteiger partial charge in [0.2, 0.25) is 5.91 Å². The highest BCUT2D eigenvalue weighted by Gasteiger charge is 2.37. The van der Waals surface area contributed by atoms with Gasteiger partial charge in [0.1, 0.15) is 0 Å². The lowest BCUT2D eigenvalue weighted by Crippen LogP contribution is -2.52. The third-order valence-electron chi connectivity index (χ3n) is 5.14. The van der Waals surface area contributed by atoms with E-state index >= 15 is 0 Å². The van der Waals surface area contributed by atoms with Gasteiger partial charge in [-0.05, 0) is 50.3 Å². The summed E-state index contributed by atoms with van der Waals surface area (Å²) in [5.41, 5.74) is 7.45. The van der Waals surface area contributed by atoms with Gasteiger partial charge in [0, 0.05) is 23.7 Å². The van der Waals surface area contributed by atoms with Crippen LogP contribution in [0.5, 0.6) is 0 Å². The third kappa shape index (κ3) is 5.19. The molecule has 0 saturated heterocycles.